The number of sulfonamides is 1. The number of amides is 1. The second-order valence-electron chi connectivity index (χ2n) is 7.84. The zero-order valence-electron chi connectivity index (χ0n) is 16.0. The van der Waals surface area contributed by atoms with Gasteiger partial charge in [0.15, 0.2) is 0 Å². The summed E-state index contributed by atoms with van der Waals surface area (Å²) < 4.78 is 28.4. The Balaban J connectivity index is 1.60. The van der Waals surface area contributed by atoms with Gasteiger partial charge in [-0.05, 0) is 81.0 Å². The molecule has 7 heteroatoms. The van der Waals surface area contributed by atoms with E-state index in [1.54, 1.807) is 50.2 Å². The minimum absolute atomic E-state index is 0.0189. The number of carbonyl (C=O) groups excluding carboxylic acids is 1. The van der Waals surface area contributed by atoms with Crippen LogP contribution in [-0.4, -0.2) is 31.3 Å². The van der Waals surface area contributed by atoms with Gasteiger partial charge in [0, 0.05) is 28.4 Å². The van der Waals surface area contributed by atoms with Crippen molar-refractivity contribution in [2.75, 3.05) is 11.3 Å². The lowest BCUT2D eigenvalue weighted by molar-refractivity contribution is 0.0717. The average molecular weight is 419 g/mol. The van der Waals surface area contributed by atoms with E-state index in [1.807, 2.05) is 4.90 Å². The maximum atomic E-state index is 13.0. The molecule has 4 rings (SSSR count). The van der Waals surface area contributed by atoms with Crippen molar-refractivity contribution in [3.63, 3.8) is 0 Å². The maximum absolute atomic E-state index is 13.0. The van der Waals surface area contributed by atoms with Crippen LogP contribution in [0.15, 0.2) is 41.3 Å². The number of nitrogens with one attached hydrogen (secondary N) is 1. The first-order chi connectivity index (χ1) is 13.2. The van der Waals surface area contributed by atoms with Crippen molar-refractivity contribution in [3.05, 3.63) is 58.1 Å². The number of hydrogen-bond donors (Lipinski definition) is 1. The van der Waals surface area contributed by atoms with Crippen LogP contribution in [0.1, 0.15) is 47.2 Å². The Morgan fingerprint density at radius 3 is 2.57 bits per heavy atom. The van der Waals surface area contributed by atoms with Gasteiger partial charge in [-0.25, -0.2) is 8.42 Å². The smallest absolute Gasteiger partial charge is 0.262 e. The number of carbonyl (C=O) groups is 1. The van der Waals surface area contributed by atoms with E-state index in [4.69, 9.17) is 11.6 Å². The highest BCUT2D eigenvalue weighted by atomic mass is 35.5. The summed E-state index contributed by atoms with van der Waals surface area (Å²) in [5.74, 6) is -0.0189. The fourth-order valence-electron chi connectivity index (χ4n) is 4.05. The number of halogens is 1. The zero-order chi connectivity index (χ0) is 20.1. The predicted octanol–water partition coefficient (Wildman–Crippen LogP) is 4.53. The number of hydrogen-bond acceptors (Lipinski definition) is 3. The molecular formula is C21H23ClN2O3S. The van der Waals surface area contributed by atoms with Crippen LogP contribution in [0.25, 0.3) is 0 Å². The highest BCUT2D eigenvalue weighted by molar-refractivity contribution is 7.92. The molecule has 1 aliphatic carbocycles. The van der Waals surface area contributed by atoms with Crippen molar-refractivity contribution in [2.45, 2.75) is 50.0 Å². The van der Waals surface area contributed by atoms with Crippen LogP contribution in [-0.2, 0) is 10.0 Å². The number of anilines is 1. The van der Waals surface area contributed by atoms with Gasteiger partial charge in [-0.3, -0.25) is 9.52 Å². The summed E-state index contributed by atoms with van der Waals surface area (Å²) in [5.41, 5.74) is 2.22. The molecule has 1 spiro atoms. The summed E-state index contributed by atoms with van der Waals surface area (Å²) >= 11 is 6.08. The van der Waals surface area contributed by atoms with Crippen molar-refractivity contribution < 1.29 is 13.2 Å². The molecule has 1 saturated carbocycles. The van der Waals surface area contributed by atoms with Gasteiger partial charge >= 0.3 is 0 Å². The Morgan fingerprint density at radius 2 is 1.86 bits per heavy atom. The van der Waals surface area contributed by atoms with Crippen LogP contribution in [0.2, 0.25) is 5.02 Å². The third-order valence-electron chi connectivity index (χ3n) is 5.78. The first-order valence-electron chi connectivity index (χ1n) is 9.43. The van der Waals surface area contributed by atoms with E-state index >= 15 is 0 Å². The number of aryl methyl sites for hydroxylation is 2. The van der Waals surface area contributed by atoms with Crippen molar-refractivity contribution in [1.82, 2.24) is 4.90 Å². The molecule has 1 heterocycles. The summed E-state index contributed by atoms with van der Waals surface area (Å²) in [6, 6.07) is 9.94. The molecule has 1 amide bonds. The van der Waals surface area contributed by atoms with Gasteiger partial charge in [-0.1, -0.05) is 17.7 Å². The van der Waals surface area contributed by atoms with Gasteiger partial charge < -0.3 is 4.90 Å². The van der Waals surface area contributed by atoms with Crippen LogP contribution in [0.5, 0.6) is 0 Å². The molecule has 1 N–H and O–H groups in total. The minimum Gasteiger partial charge on any atom is -0.333 e. The maximum Gasteiger partial charge on any atom is 0.262 e. The number of rotatable bonds is 4. The molecule has 1 aliphatic heterocycles. The topological polar surface area (TPSA) is 66.5 Å². The van der Waals surface area contributed by atoms with Crippen molar-refractivity contribution >= 4 is 33.2 Å². The molecule has 0 radical (unpaired) electrons. The minimum atomic E-state index is -3.79. The third-order valence-corrected chi connectivity index (χ3v) is 7.71. The van der Waals surface area contributed by atoms with Crippen LogP contribution in [0.3, 0.4) is 0 Å². The Morgan fingerprint density at radius 1 is 1.11 bits per heavy atom. The summed E-state index contributed by atoms with van der Waals surface area (Å²) in [7, 11) is -3.79. The third kappa shape index (κ3) is 3.40. The molecule has 28 heavy (non-hydrogen) atoms. The molecule has 2 aromatic carbocycles. The van der Waals surface area contributed by atoms with E-state index in [1.165, 1.54) is 0 Å². The Hall–Kier alpha value is -2.05. The number of nitrogens with zero attached hydrogens (tertiary/aromatic N) is 1. The molecule has 0 atom stereocenters. The van der Waals surface area contributed by atoms with Crippen molar-refractivity contribution in [1.29, 1.82) is 0 Å². The standard InChI is InChI=1S/C21H23ClN2O3S/c1-14-12-19(15(2)11-18(14)22)28(26,27)23-17-6-3-5-16(13-17)20(25)24-10-4-7-21(24)8-9-21/h3,5-6,11-13,23H,4,7-10H2,1-2H3. The molecule has 2 aromatic rings. The van der Waals surface area contributed by atoms with Gasteiger partial charge in [0.2, 0.25) is 0 Å². The normalized spacial score (nSPS) is 17.8. The molecule has 2 aliphatic rings. The van der Waals surface area contributed by atoms with E-state index in [0.717, 1.165) is 32.2 Å². The lowest BCUT2D eigenvalue weighted by Gasteiger charge is -2.24. The van der Waals surface area contributed by atoms with E-state index < -0.39 is 10.0 Å². The predicted molar refractivity (Wildman–Crippen MR) is 110 cm³/mol. The van der Waals surface area contributed by atoms with Gasteiger partial charge in [0.05, 0.1) is 4.90 Å². The van der Waals surface area contributed by atoms with Gasteiger partial charge in [-0.2, -0.15) is 0 Å². The molecule has 5 nitrogen and oxygen atoms in total. The van der Waals surface area contributed by atoms with Crippen LogP contribution < -0.4 is 4.72 Å². The largest absolute Gasteiger partial charge is 0.333 e. The molecule has 1 saturated heterocycles. The van der Waals surface area contributed by atoms with Gasteiger partial charge in [0.25, 0.3) is 15.9 Å². The van der Waals surface area contributed by atoms with E-state index in [9.17, 15) is 13.2 Å². The lowest BCUT2D eigenvalue weighted by atomic mass is 10.1. The van der Waals surface area contributed by atoms with Crippen LogP contribution in [0, 0.1) is 13.8 Å². The van der Waals surface area contributed by atoms with Gasteiger partial charge in [-0.15, -0.1) is 0 Å². The first kappa shape index (κ1) is 19.3. The fourth-order valence-corrected chi connectivity index (χ4v) is 5.63. The van der Waals surface area contributed by atoms with E-state index in [0.29, 0.717) is 27.4 Å². The summed E-state index contributed by atoms with van der Waals surface area (Å²) in [5, 5.41) is 0.531. The highest BCUT2D eigenvalue weighted by Crippen LogP contribution is 2.50. The lowest BCUT2D eigenvalue weighted by Crippen LogP contribution is -2.37. The summed E-state index contributed by atoms with van der Waals surface area (Å²) in [6.45, 7) is 4.25. The number of likely N-dealkylation sites (tertiary alicyclic amines) is 1. The van der Waals surface area contributed by atoms with Crippen LogP contribution >= 0.6 is 11.6 Å². The summed E-state index contributed by atoms with van der Waals surface area (Å²) in [4.78, 5) is 15.1. The van der Waals surface area contributed by atoms with Crippen molar-refractivity contribution in [3.8, 4) is 0 Å². The zero-order valence-corrected chi connectivity index (χ0v) is 17.5. The molecule has 0 unspecified atom stereocenters. The first-order valence-corrected chi connectivity index (χ1v) is 11.3. The Bertz CT molecular complexity index is 1060. The highest BCUT2D eigenvalue weighted by Gasteiger charge is 2.52. The van der Waals surface area contributed by atoms with Crippen LogP contribution in [0.4, 0.5) is 5.69 Å². The van der Waals surface area contributed by atoms with E-state index in [2.05, 4.69) is 4.72 Å². The SMILES string of the molecule is Cc1cc(S(=O)(=O)Nc2cccc(C(=O)N3CCCC34CC4)c2)c(C)cc1Cl. The monoisotopic (exact) mass is 418 g/mol. The van der Waals surface area contributed by atoms with Crippen molar-refractivity contribution in [2.24, 2.45) is 0 Å². The molecule has 0 bridgehead atoms. The second kappa shape index (κ2) is 6.78. The van der Waals surface area contributed by atoms with E-state index in [-0.39, 0.29) is 16.3 Å². The Kier molecular flexibility index (Phi) is 4.67. The number of benzene rings is 2. The quantitative estimate of drug-likeness (QED) is 0.793. The summed E-state index contributed by atoms with van der Waals surface area (Å²) in [6.07, 6.45) is 4.24. The van der Waals surface area contributed by atoms with Gasteiger partial charge in [0.1, 0.15) is 0 Å². The fraction of sp³-hybridized carbons (Fsp3) is 0.381. The Labute approximate surface area is 170 Å². The second-order valence-corrected chi connectivity index (χ2v) is 9.90. The molecule has 2 fully saturated rings. The molecular weight excluding hydrogens is 396 g/mol. The molecule has 0 aromatic heterocycles. The average Bonchev–Trinajstić information content (AvgIpc) is 3.28. The molecule has 148 valence electrons.